The lowest BCUT2D eigenvalue weighted by Crippen LogP contribution is -2.12. The average Bonchev–Trinajstić information content (AvgIpc) is 2.75. The van der Waals surface area contributed by atoms with Gasteiger partial charge in [-0.15, -0.1) is 0 Å². The molecule has 10 nitrogen and oxygen atoms in total. The zero-order chi connectivity index (χ0) is 8.93. The van der Waals surface area contributed by atoms with Gasteiger partial charge in [-0.3, -0.25) is 0 Å². The average molecular weight is 181 g/mol. The Kier molecular flexibility index (Phi) is 1.99. The molecule has 2 N–H and O–H groups in total. The van der Waals surface area contributed by atoms with Crippen LogP contribution in [0.25, 0.3) is 0 Å². The Morgan fingerprint density at radius 1 is 0.923 bits per heavy atom. The first-order chi connectivity index (χ1) is 6.45. The van der Waals surface area contributed by atoms with E-state index in [4.69, 9.17) is 9.31 Å². The Morgan fingerprint density at radius 2 is 1.46 bits per heavy atom. The lowest BCUT2D eigenvalue weighted by molar-refractivity contribution is 0.418. The van der Waals surface area contributed by atoms with Crippen molar-refractivity contribution in [1.29, 1.82) is 0 Å². The molecule has 0 atom stereocenters. The van der Waals surface area contributed by atoms with Crippen LogP contribution in [0.3, 0.4) is 0 Å². The summed E-state index contributed by atoms with van der Waals surface area (Å²) in [4.78, 5) is 0. The molecule has 0 unspecified atom stereocenters. The van der Waals surface area contributed by atoms with Crippen LogP contribution in [0.1, 0.15) is 0 Å². The normalized spacial score (nSPS) is 9.54. The Hall–Kier alpha value is -2.20. The summed E-state index contributed by atoms with van der Waals surface area (Å²) in [5.41, 5.74) is 0. The molecule has 0 aliphatic heterocycles. The largest absolute Gasteiger partial charge is 0.662 e. The molecule has 2 heterocycles. The van der Waals surface area contributed by atoms with Gasteiger partial charge >= 0.3 is 19.7 Å². The fourth-order valence-corrected chi connectivity index (χ4v) is 0.515. The Morgan fingerprint density at radius 3 is 1.85 bits per heavy atom. The minimum Gasteiger partial charge on any atom is -0.495 e. The van der Waals surface area contributed by atoms with E-state index >= 15 is 0 Å². The van der Waals surface area contributed by atoms with Crippen LogP contribution in [0, 0.1) is 0 Å². The van der Waals surface area contributed by atoms with Gasteiger partial charge in [0.2, 0.25) is 0 Å². The van der Waals surface area contributed by atoms with E-state index in [9.17, 15) is 0 Å². The Labute approximate surface area is 71.3 Å². The van der Waals surface area contributed by atoms with Crippen LogP contribution < -0.4 is 9.31 Å². The molecular formula is C2H2BN8O2. The zero-order valence-electron chi connectivity index (χ0n) is 6.08. The fourth-order valence-electron chi connectivity index (χ4n) is 0.515. The predicted molar refractivity (Wildman–Crippen MR) is 35.4 cm³/mol. The summed E-state index contributed by atoms with van der Waals surface area (Å²) in [6, 6.07) is 0.0620. The quantitative estimate of drug-likeness (QED) is 0.504. The SMILES string of the molecule is [B](Oc1nn[nH]n1)Oc1nn[nH]n1. The van der Waals surface area contributed by atoms with Gasteiger partial charge in [0.15, 0.2) is 0 Å². The summed E-state index contributed by atoms with van der Waals surface area (Å²) in [5, 5.41) is 24.8. The van der Waals surface area contributed by atoms with Crippen LogP contribution in [0.4, 0.5) is 0 Å². The van der Waals surface area contributed by atoms with Gasteiger partial charge in [0.25, 0.3) is 0 Å². The van der Waals surface area contributed by atoms with Crippen LogP contribution in [0.5, 0.6) is 12.0 Å². The molecular weight excluding hydrogens is 179 g/mol. The van der Waals surface area contributed by atoms with Crippen molar-refractivity contribution in [3.63, 3.8) is 0 Å². The van der Waals surface area contributed by atoms with Gasteiger partial charge in [-0.1, -0.05) is 20.4 Å². The second kappa shape index (κ2) is 3.47. The van der Waals surface area contributed by atoms with Crippen LogP contribution >= 0.6 is 0 Å². The van der Waals surface area contributed by atoms with Crippen molar-refractivity contribution in [1.82, 2.24) is 41.2 Å². The van der Waals surface area contributed by atoms with E-state index in [2.05, 4.69) is 41.2 Å². The van der Waals surface area contributed by atoms with Crippen molar-refractivity contribution in [2.45, 2.75) is 0 Å². The lowest BCUT2D eigenvalue weighted by atomic mass is 10.4. The molecule has 0 saturated heterocycles. The third-order valence-electron chi connectivity index (χ3n) is 0.959. The summed E-state index contributed by atoms with van der Waals surface area (Å²) in [6.45, 7) is 0. The standard InChI is InChI=1S/C2H2BN8O2/c3(12-1-4-8-9-5-1)13-2-6-10-11-7-2/h(H,4,5,8,9)(H,6,7,10,11). The zero-order valence-corrected chi connectivity index (χ0v) is 6.08. The first kappa shape index (κ1) is 7.45. The summed E-state index contributed by atoms with van der Waals surface area (Å²) >= 11 is 0. The van der Waals surface area contributed by atoms with Gasteiger partial charge in [-0.05, 0) is 10.4 Å². The summed E-state index contributed by atoms with van der Waals surface area (Å²) in [5.74, 6) is 0. The summed E-state index contributed by atoms with van der Waals surface area (Å²) < 4.78 is 9.47. The van der Waals surface area contributed by atoms with Crippen LogP contribution in [-0.4, -0.2) is 48.9 Å². The highest BCUT2D eigenvalue weighted by molar-refractivity contribution is 6.20. The number of rotatable bonds is 4. The number of hydrogen-bond acceptors (Lipinski definition) is 8. The third kappa shape index (κ3) is 1.88. The maximum absolute atomic E-state index is 4.73. The molecule has 65 valence electrons. The molecule has 1 radical (unpaired) electrons. The molecule has 0 saturated carbocycles. The highest BCUT2D eigenvalue weighted by atomic mass is 16.6. The van der Waals surface area contributed by atoms with Crippen molar-refractivity contribution in [2.75, 3.05) is 0 Å². The topological polar surface area (TPSA) is 127 Å². The van der Waals surface area contributed by atoms with Gasteiger partial charge in [0.1, 0.15) is 0 Å². The first-order valence-electron chi connectivity index (χ1n) is 3.07. The molecule has 2 aromatic heterocycles. The van der Waals surface area contributed by atoms with Crippen molar-refractivity contribution >= 4 is 7.69 Å². The molecule has 0 spiro atoms. The number of H-pyrrole nitrogens is 2. The number of hydrogen-bond donors (Lipinski definition) is 2. The molecule has 0 bridgehead atoms. The molecule has 11 heteroatoms. The second-order valence-electron chi connectivity index (χ2n) is 1.72. The van der Waals surface area contributed by atoms with Crippen LogP contribution in [-0.2, 0) is 0 Å². The molecule has 0 fully saturated rings. The molecule has 0 aliphatic carbocycles. The minimum absolute atomic E-state index is 0.0310. The second-order valence-corrected chi connectivity index (χ2v) is 1.72. The van der Waals surface area contributed by atoms with E-state index in [1.54, 1.807) is 0 Å². The van der Waals surface area contributed by atoms with Gasteiger partial charge in [0.05, 0.1) is 0 Å². The Balaban J connectivity index is 1.76. The van der Waals surface area contributed by atoms with E-state index in [0.717, 1.165) is 7.69 Å². The number of aromatic nitrogens is 8. The molecule has 0 aromatic carbocycles. The molecule has 2 aromatic rings. The van der Waals surface area contributed by atoms with Gasteiger partial charge in [0, 0.05) is 0 Å². The van der Waals surface area contributed by atoms with Gasteiger partial charge < -0.3 is 9.31 Å². The third-order valence-corrected chi connectivity index (χ3v) is 0.959. The maximum Gasteiger partial charge on any atom is 0.662 e. The number of nitrogens with zero attached hydrogens (tertiary/aromatic N) is 6. The molecule has 13 heavy (non-hydrogen) atoms. The molecule has 0 aliphatic rings. The Bertz CT molecular complexity index is 297. The van der Waals surface area contributed by atoms with Crippen molar-refractivity contribution in [3.8, 4) is 12.0 Å². The highest BCUT2D eigenvalue weighted by Gasteiger charge is 2.06. The number of tetrazole rings is 2. The van der Waals surface area contributed by atoms with Crippen molar-refractivity contribution < 1.29 is 9.31 Å². The lowest BCUT2D eigenvalue weighted by Gasteiger charge is -1.95. The summed E-state index contributed by atoms with van der Waals surface area (Å²) in [6.07, 6.45) is 0. The van der Waals surface area contributed by atoms with E-state index in [0.29, 0.717) is 0 Å². The minimum atomic E-state index is 0.0310. The fraction of sp³-hybridized carbons (Fsp3) is 0. The predicted octanol–water partition coefficient (Wildman–Crippen LogP) is -2.30. The number of aromatic amines is 2. The first-order valence-corrected chi connectivity index (χ1v) is 3.07. The summed E-state index contributed by atoms with van der Waals surface area (Å²) in [7, 11) is 0.954. The van der Waals surface area contributed by atoms with E-state index < -0.39 is 0 Å². The van der Waals surface area contributed by atoms with Gasteiger partial charge in [-0.25, -0.2) is 0 Å². The van der Waals surface area contributed by atoms with Crippen molar-refractivity contribution in [2.24, 2.45) is 0 Å². The van der Waals surface area contributed by atoms with E-state index in [-0.39, 0.29) is 12.0 Å². The molecule has 2 rings (SSSR count). The smallest absolute Gasteiger partial charge is 0.495 e. The monoisotopic (exact) mass is 181 g/mol. The molecule has 0 amide bonds. The maximum atomic E-state index is 4.73. The van der Waals surface area contributed by atoms with Crippen LogP contribution in [0.15, 0.2) is 0 Å². The van der Waals surface area contributed by atoms with Crippen LogP contribution in [0.2, 0.25) is 0 Å². The van der Waals surface area contributed by atoms with Gasteiger partial charge in [-0.2, -0.15) is 10.4 Å². The highest BCUT2D eigenvalue weighted by Crippen LogP contribution is 1.95. The number of nitrogens with one attached hydrogen (secondary N) is 2. The van der Waals surface area contributed by atoms with E-state index in [1.807, 2.05) is 0 Å². The van der Waals surface area contributed by atoms with E-state index in [1.165, 1.54) is 0 Å². The van der Waals surface area contributed by atoms with Crippen molar-refractivity contribution in [3.05, 3.63) is 0 Å².